The molecule has 8 heteroatoms. The SMILES string of the molecule is Cc1cccc(C(C(=O)NC(C)C)N(C(=O)C(Cc2ccccc2)NC(=O)OC(C)(C)C)C(C)CCC(C)C)c1O. The Morgan fingerprint density at radius 2 is 1.54 bits per heavy atom. The van der Waals surface area contributed by atoms with Crippen LogP contribution in [0.2, 0.25) is 0 Å². The number of hydrogen-bond acceptors (Lipinski definition) is 5. The van der Waals surface area contributed by atoms with E-state index < -0.39 is 35.6 Å². The van der Waals surface area contributed by atoms with Crippen LogP contribution < -0.4 is 10.6 Å². The monoisotopic (exact) mass is 567 g/mol. The van der Waals surface area contributed by atoms with E-state index in [0.717, 1.165) is 12.0 Å². The van der Waals surface area contributed by atoms with Crippen molar-refractivity contribution in [3.63, 3.8) is 0 Å². The summed E-state index contributed by atoms with van der Waals surface area (Å²) in [5, 5.41) is 16.9. The Balaban J connectivity index is 2.69. The summed E-state index contributed by atoms with van der Waals surface area (Å²) in [6, 6.07) is 11.9. The maximum atomic E-state index is 14.6. The molecule has 0 fully saturated rings. The Labute approximate surface area is 245 Å². The lowest BCUT2D eigenvalue weighted by atomic mass is 9.94. The lowest BCUT2D eigenvalue weighted by Gasteiger charge is -2.39. The summed E-state index contributed by atoms with van der Waals surface area (Å²) in [6.07, 6.45) is 0.936. The average Bonchev–Trinajstić information content (AvgIpc) is 2.86. The van der Waals surface area contributed by atoms with E-state index in [2.05, 4.69) is 24.5 Å². The van der Waals surface area contributed by atoms with E-state index >= 15 is 0 Å². The minimum atomic E-state index is -1.12. The van der Waals surface area contributed by atoms with Gasteiger partial charge in [-0.05, 0) is 78.4 Å². The molecule has 0 saturated heterocycles. The molecule has 2 rings (SSSR count). The second-order valence-electron chi connectivity index (χ2n) is 12.5. The van der Waals surface area contributed by atoms with E-state index in [1.54, 1.807) is 50.8 Å². The maximum absolute atomic E-state index is 14.6. The molecular formula is C33H49N3O5. The Hall–Kier alpha value is -3.55. The number of phenols is 1. The maximum Gasteiger partial charge on any atom is 0.408 e. The number of rotatable bonds is 12. The van der Waals surface area contributed by atoms with Crippen LogP contribution in [-0.2, 0) is 20.7 Å². The number of nitrogens with one attached hydrogen (secondary N) is 2. The van der Waals surface area contributed by atoms with Gasteiger partial charge in [-0.3, -0.25) is 9.59 Å². The lowest BCUT2D eigenvalue weighted by Crippen LogP contribution is -2.56. The first-order chi connectivity index (χ1) is 19.1. The first-order valence-electron chi connectivity index (χ1n) is 14.5. The van der Waals surface area contributed by atoms with Crippen molar-refractivity contribution >= 4 is 17.9 Å². The number of para-hydroxylation sites is 1. The number of alkyl carbamates (subject to hydrolysis) is 1. The number of carbonyl (C=O) groups excluding carboxylic acids is 3. The molecule has 0 saturated carbocycles. The molecule has 3 amide bonds. The van der Waals surface area contributed by atoms with Crippen LogP contribution in [0.25, 0.3) is 0 Å². The van der Waals surface area contributed by atoms with Crippen molar-refractivity contribution in [1.29, 1.82) is 0 Å². The minimum absolute atomic E-state index is 0.0371. The van der Waals surface area contributed by atoms with Gasteiger partial charge in [-0.25, -0.2) is 4.79 Å². The van der Waals surface area contributed by atoms with Gasteiger partial charge in [0, 0.05) is 24.1 Å². The standard InChI is InChI=1S/C33H49N3O5/c1-21(2)18-19-24(6)36(28(30(38)34-22(3)4)26-17-13-14-23(5)29(26)37)31(39)27(20-25-15-11-10-12-16-25)35-32(40)41-33(7,8)9/h10-17,21-22,24,27-28,37H,18-20H2,1-9H3,(H,34,38)(H,35,40). The van der Waals surface area contributed by atoms with Crippen molar-refractivity contribution in [2.24, 2.45) is 5.92 Å². The largest absolute Gasteiger partial charge is 0.507 e. The molecule has 3 unspecified atom stereocenters. The third-order valence-corrected chi connectivity index (χ3v) is 6.68. The molecular weight excluding hydrogens is 518 g/mol. The third kappa shape index (κ3) is 10.4. The first-order valence-corrected chi connectivity index (χ1v) is 14.5. The first kappa shape index (κ1) is 33.7. The Bertz CT molecular complexity index is 1160. The lowest BCUT2D eigenvalue weighted by molar-refractivity contribution is -0.145. The summed E-state index contributed by atoms with van der Waals surface area (Å²) in [4.78, 5) is 43.0. The van der Waals surface area contributed by atoms with Crippen molar-refractivity contribution in [1.82, 2.24) is 15.5 Å². The summed E-state index contributed by atoms with van der Waals surface area (Å²) < 4.78 is 5.52. The van der Waals surface area contributed by atoms with Crippen LogP contribution in [0.1, 0.15) is 91.0 Å². The number of benzene rings is 2. The van der Waals surface area contributed by atoms with Crippen LogP contribution in [0.15, 0.2) is 48.5 Å². The number of carbonyl (C=O) groups is 3. The summed E-state index contributed by atoms with van der Waals surface area (Å²) >= 11 is 0. The highest BCUT2D eigenvalue weighted by molar-refractivity contribution is 5.93. The molecule has 0 radical (unpaired) electrons. The highest BCUT2D eigenvalue weighted by Crippen LogP contribution is 2.34. The van der Waals surface area contributed by atoms with Gasteiger partial charge in [-0.2, -0.15) is 0 Å². The number of phenolic OH excluding ortho intramolecular Hbond substituents is 1. The van der Waals surface area contributed by atoms with Crippen LogP contribution in [-0.4, -0.2) is 51.6 Å². The molecule has 0 aliphatic carbocycles. The predicted octanol–water partition coefficient (Wildman–Crippen LogP) is 6.06. The van der Waals surface area contributed by atoms with E-state index in [4.69, 9.17) is 4.74 Å². The van der Waals surface area contributed by atoms with E-state index in [0.29, 0.717) is 23.5 Å². The van der Waals surface area contributed by atoms with Gasteiger partial charge in [0.15, 0.2) is 0 Å². The molecule has 0 bridgehead atoms. The van der Waals surface area contributed by atoms with Crippen molar-refractivity contribution < 1.29 is 24.2 Å². The highest BCUT2D eigenvalue weighted by Gasteiger charge is 2.40. The van der Waals surface area contributed by atoms with Crippen LogP contribution in [0.3, 0.4) is 0 Å². The normalized spacial score (nSPS) is 13.8. The fraction of sp³-hybridized carbons (Fsp3) is 0.545. The van der Waals surface area contributed by atoms with E-state index in [-0.39, 0.29) is 24.3 Å². The molecule has 0 heterocycles. The molecule has 2 aromatic rings. The predicted molar refractivity (Wildman–Crippen MR) is 163 cm³/mol. The van der Waals surface area contributed by atoms with E-state index in [1.807, 2.05) is 51.1 Å². The molecule has 0 aliphatic rings. The van der Waals surface area contributed by atoms with Crippen molar-refractivity contribution in [3.05, 3.63) is 65.2 Å². The van der Waals surface area contributed by atoms with Gasteiger partial charge < -0.3 is 25.4 Å². The van der Waals surface area contributed by atoms with Gasteiger partial charge in [-0.1, -0.05) is 62.4 Å². The molecule has 0 aliphatic heterocycles. The fourth-order valence-electron chi connectivity index (χ4n) is 4.68. The van der Waals surface area contributed by atoms with Gasteiger partial charge in [0.1, 0.15) is 23.4 Å². The topological polar surface area (TPSA) is 108 Å². The number of ether oxygens (including phenoxy) is 1. The van der Waals surface area contributed by atoms with Crippen LogP contribution in [0.4, 0.5) is 4.79 Å². The molecule has 0 aromatic heterocycles. The van der Waals surface area contributed by atoms with Crippen molar-refractivity contribution in [2.75, 3.05) is 0 Å². The number of nitrogens with zero attached hydrogens (tertiary/aromatic N) is 1. The number of amides is 3. The Morgan fingerprint density at radius 1 is 0.902 bits per heavy atom. The number of aromatic hydroxyl groups is 1. The smallest absolute Gasteiger partial charge is 0.408 e. The average molecular weight is 568 g/mol. The molecule has 226 valence electrons. The minimum Gasteiger partial charge on any atom is -0.507 e. The second kappa shape index (κ2) is 14.9. The number of aryl methyl sites for hydroxylation is 1. The zero-order valence-electron chi connectivity index (χ0n) is 26.2. The molecule has 3 atom stereocenters. The third-order valence-electron chi connectivity index (χ3n) is 6.68. The van der Waals surface area contributed by atoms with E-state index in [1.165, 1.54) is 0 Å². The molecule has 2 aromatic carbocycles. The van der Waals surface area contributed by atoms with Crippen LogP contribution in [0, 0.1) is 12.8 Å². The van der Waals surface area contributed by atoms with Crippen LogP contribution >= 0.6 is 0 Å². The Morgan fingerprint density at radius 3 is 2.10 bits per heavy atom. The molecule has 41 heavy (non-hydrogen) atoms. The Kier molecular flexibility index (Phi) is 12.2. The van der Waals surface area contributed by atoms with Crippen LogP contribution in [0.5, 0.6) is 5.75 Å². The zero-order chi connectivity index (χ0) is 30.9. The van der Waals surface area contributed by atoms with Gasteiger partial charge >= 0.3 is 6.09 Å². The van der Waals surface area contributed by atoms with Crippen molar-refractivity contribution in [2.45, 2.75) is 111 Å². The van der Waals surface area contributed by atoms with E-state index in [9.17, 15) is 19.5 Å². The second-order valence-corrected chi connectivity index (χ2v) is 12.5. The van der Waals surface area contributed by atoms with Crippen molar-refractivity contribution in [3.8, 4) is 5.75 Å². The van der Waals surface area contributed by atoms with Gasteiger partial charge in [0.05, 0.1) is 0 Å². The fourth-order valence-corrected chi connectivity index (χ4v) is 4.68. The van der Waals surface area contributed by atoms with Gasteiger partial charge in [-0.15, -0.1) is 0 Å². The zero-order valence-corrected chi connectivity index (χ0v) is 26.2. The quantitative estimate of drug-likeness (QED) is 0.289. The molecule has 0 spiro atoms. The summed E-state index contributed by atoms with van der Waals surface area (Å²) in [5.41, 5.74) is 1.02. The van der Waals surface area contributed by atoms with Gasteiger partial charge in [0.2, 0.25) is 11.8 Å². The molecule has 8 nitrogen and oxygen atoms in total. The summed E-state index contributed by atoms with van der Waals surface area (Å²) in [7, 11) is 0. The summed E-state index contributed by atoms with van der Waals surface area (Å²) in [6.45, 7) is 16.9. The van der Waals surface area contributed by atoms with Gasteiger partial charge in [0.25, 0.3) is 0 Å². The highest BCUT2D eigenvalue weighted by atomic mass is 16.6. The number of hydrogen-bond donors (Lipinski definition) is 3. The molecule has 3 N–H and O–H groups in total. The summed E-state index contributed by atoms with van der Waals surface area (Å²) in [5.74, 6) is -0.489.